The number of unbranched alkanes of at least 4 members (excludes halogenated alkanes) is 1. The highest BCUT2D eigenvalue weighted by molar-refractivity contribution is 5.46. The maximum atomic E-state index is 5.42. The molecule has 2 aromatic rings. The van der Waals surface area contributed by atoms with Gasteiger partial charge in [0.15, 0.2) is 11.5 Å². The number of nitrogens with zero attached hydrogens (tertiary/aromatic N) is 2. The van der Waals surface area contributed by atoms with Gasteiger partial charge in [0, 0.05) is 31.0 Å². The third kappa shape index (κ3) is 4.49. The van der Waals surface area contributed by atoms with E-state index < -0.39 is 0 Å². The molecule has 0 saturated heterocycles. The van der Waals surface area contributed by atoms with Crippen molar-refractivity contribution >= 4 is 0 Å². The molecule has 0 aliphatic rings. The van der Waals surface area contributed by atoms with Gasteiger partial charge in [-0.05, 0) is 25.5 Å². The molecule has 0 amide bonds. The fraction of sp³-hybridized carbons (Fsp3) is 0.438. The molecule has 0 saturated carbocycles. The Hall–Kier alpha value is -2.01. The van der Waals surface area contributed by atoms with Crippen molar-refractivity contribution in [2.75, 3.05) is 20.8 Å². The van der Waals surface area contributed by atoms with Crippen LogP contribution in [0.5, 0.6) is 11.5 Å². The molecule has 1 N–H and O–H groups in total. The van der Waals surface area contributed by atoms with Crippen molar-refractivity contribution in [2.45, 2.75) is 25.9 Å². The summed E-state index contributed by atoms with van der Waals surface area (Å²) in [5.41, 5.74) is 1.12. The molecule has 5 nitrogen and oxygen atoms in total. The maximum absolute atomic E-state index is 5.42. The van der Waals surface area contributed by atoms with Crippen molar-refractivity contribution in [3.63, 3.8) is 0 Å². The molecule has 114 valence electrons. The molecule has 2 rings (SSSR count). The number of ether oxygens (including phenoxy) is 2. The lowest BCUT2D eigenvalue weighted by Crippen LogP contribution is -2.16. The predicted octanol–water partition coefficient (Wildman–Crippen LogP) is 2.47. The first-order valence-corrected chi connectivity index (χ1v) is 7.21. The van der Waals surface area contributed by atoms with Gasteiger partial charge in [-0.3, -0.25) is 0 Å². The number of para-hydroxylation sites is 1. The number of hydrogen-bond acceptors (Lipinski definition) is 4. The van der Waals surface area contributed by atoms with Crippen LogP contribution in [0.3, 0.4) is 0 Å². The number of aromatic nitrogens is 2. The van der Waals surface area contributed by atoms with Crippen molar-refractivity contribution in [1.82, 2.24) is 14.9 Å². The Labute approximate surface area is 125 Å². The summed E-state index contributed by atoms with van der Waals surface area (Å²) in [5, 5.41) is 3.45. The minimum atomic E-state index is 0.775. The standard InChI is InChI=1S/C16H23N3O2/c1-20-15-7-5-6-14(16(15)21-2)12-17-8-3-4-10-19-11-9-18-13-19/h5-7,9,11,13,17H,3-4,8,10,12H2,1-2H3. The van der Waals surface area contributed by atoms with E-state index in [4.69, 9.17) is 9.47 Å². The summed E-state index contributed by atoms with van der Waals surface area (Å²) in [6.45, 7) is 2.78. The third-order valence-electron chi connectivity index (χ3n) is 3.38. The molecule has 1 aromatic heterocycles. The highest BCUT2D eigenvalue weighted by atomic mass is 16.5. The van der Waals surface area contributed by atoms with Gasteiger partial charge in [0.2, 0.25) is 0 Å². The van der Waals surface area contributed by atoms with Crippen molar-refractivity contribution in [2.24, 2.45) is 0 Å². The van der Waals surface area contributed by atoms with E-state index in [1.165, 1.54) is 0 Å². The van der Waals surface area contributed by atoms with Crippen LogP contribution >= 0.6 is 0 Å². The molecule has 0 aliphatic heterocycles. The van der Waals surface area contributed by atoms with Gasteiger partial charge >= 0.3 is 0 Å². The van der Waals surface area contributed by atoms with Crippen LogP contribution in [0, 0.1) is 0 Å². The Balaban J connectivity index is 1.71. The number of hydrogen-bond donors (Lipinski definition) is 1. The Morgan fingerprint density at radius 3 is 2.81 bits per heavy atom. The summed E-state index contributed by atoms with van der Waals surface area (Å²) in [4.78, 5) is 4.03. The molecule has 0 unspecified atom stereocenters. The number of benzene rings is 1. The van der Waals surface area contributed by atoms with Crippen molar-refractivity contribution in [3.05, 3.63) is 42.5 Å². The normalized spacial score (nSPS) is 10.6. The van der Waals surface area contributed by atoms with E-state index in [1.807, 2.05) is 30.9 Å². The SMILES string of the molecule is COc1cccc(CNCCCCn2ccnc2)c1OC. The van der Waals surface area contributed by atoms with Gasteiger partial charge in [0.05, 0.1) is 20.5 Å². The molecular weight excluding hydrogens is 266 g/mol. The Morgan fingerprint density at radius 2 is 2.10 bits per heavy atom. The average Bonchev–Trinajstić information content (AvgIpc) is 3.03. The second kappa shape index (κ2) is 8.32. The topological polar surface area (TPSA) is 48.3 Å². The largest absolute Gasteiger partial charge is 0.493 e. The van der Waals surface area contributed by atoms with E-state index in [-0.39, 0.29) is 0 Å². The Bertz CT molecular complexity index is 526. The van der Waals surface area contributed by atoms with Gasteiger partial charge < -0.3 is 19.4 Å². The number of nitrogens with one attached hydrogen (secondary N) is 1. The molecule has 0 spiro atoms. The first-order chi connectivity index (χ1) is 10.3. The monoisotopic (exact) mass is 289 g/mol. The van der Waals surface area contributed by atoms with Gasteiger partial charge in [-0.15, -0.1) is 0 Å². The van der Waals surface area contributed by atoms with Crippen LogP contribution in [-0.2, 0) is 13.1 Å². The zero-order valence-electron chi connectivity index (χ0n) is 12.7. The Morgan fingerprint density at radius 1 is 1.19 bits per heavy atom. The van der Waals surface area contributed by atoms with E-state index in [0.29, 0.717) is 0 Å². The smallest absolute Gasteiger partial charge is 0.165 e. The van der Waals surface area contributed by atoms with Crippen molar-refractivity contribution < 1.29 is 9.47 Å². The fourth-order valence-corrected chi connectivity index (χ4v) is 2.28. The molecule has 0 radical (unpaired) electrons. The third-order valence-corrected chi connectivity index (χ3v) is 3.38. The van der Waals surface area contributed by atoms with E-state index >= 15 is 0 Å². The molecule has 0 fully saturated rings. The van der Waals surface area contributed by atoms with Crippen LogP contribution in [0.1, 0.15) is 18.4 Å². The van der Waals surface area contributed by atoms with Gasteiger partial charge in [-0.25, -0.2) is 4.98 Å². The second-order valence-corrected chi connectivity index (χ2v) is 4.84. The van der Waals surface area contributed by atoms with Crippen molar-refractivity contribution in [3.8, 4) is 11.5 Å². The number of aryl methyl sites for hydroxylation is 1. The number of methoxy groups -OCH3 is 2. The lowest BCUT2D eigenvalue weighted by Gasteiger charge is -2.13. The zero-order chi connectivity index (χ0) is 14.9. The van der Waals surface area contributed by atoms with Crippen LogP contribution in [0.25, 0.3) is 0 Å². The van der Waals surface area contributed by atoms with Crippen LogP contribution in [-0.4, -0.2) is 30.3 Å². The van der Waals surface area contributed by atoms with Crippen LogP contribution in [0.4, 0.5) is 0 Å². The highest BCUT2D eigenvalue weighted by Crippen LogP contribution is 2.30. The molecule has 21 heavy (non-hydrogen) atoms. The predicted molar refractivity (Wildman–Crippen MR) is 82.7 cm³/mol. The molecular formula is C16H23N3O2. The summed E-state index contributed by atoms with van der Waals surface area (Å²) < 4.78 is 12.8. The summed E-state index contributed by atoms with van der Waals surface area (Å²) in [7, 11) is 3.33. The number of rotatable bonds is 9. The highest BCUT2D eigenvalue weighted by Gasteiger charge is 2.08. The van der Waals surface area contributed by atoms with E-state index in [9.17, 15) is 0 Å². The molecule has 1 aromatic carbocycles. The molecule has 5 heteroatoms. The first kappa shape index (κ1) is 15.4. The van der Waals surface area contributed by atoms with Crippen molar-refractivity contribution in [1.29, 1.82) is 0 Å². The average molecular weight is 289 g/mol. The summed E-state index contributed by atoms with van der Waals surface area (Å²) in [5.74, 6) is 1.59. The van der Waals surface area contributed by atoms with Crippen LogP contribution in [0.15, 0.2) is 36.9 Å². The minimum absolute atomic E-state index is 0.775. The van der Waals surface area contributed by atoms with Gasteiger partial charge in [0.1, 0.15) is 0 Å². The van der Waals surface area contributed by atoms with Gasteiger partial charge in [-0.1, -0.05) is 12.1 Å². The second-order valence-electron chi connectivity index (χ2n) is 4.84. The van der Waals surface area contributed by atoms with Gasteiger partial charge in [0.25, 0.3) is 0 Å². The quantitative estimate of drug-likeness (QED) is 0.720. The zero-order valence-corrected chi connectivity index (χ0v) is 12.7. The van der Waals surface area contributed by atoms with Crippen LogP contribution in [0.2, 0.25) is 0 Å². The maximum Gasteiger partial charge on any atom is 0.165 e. The first-order valence-electron chi connectivity index (χ1n) is 7.21. The lowest BCUT2D eigenvalue weighted by molar-refractivity contribution is 0.350. The lowest BCUT2D eigenvalue weighted by atomic mass is 10.2. The molecule has 0 bridgehead atoms. The Kier molecular flexibility index (Phi) is 6.09. The van der Waals surface area contributed by atoms with Crippen LogP contribution < -0.4 is 14.8 Å². The van der Waals surface area contributed by atoms with Gasteiger partial charge in [-0.2, -0.15) is 0 Å². The molecule has 0 aliphatic carbocycles. The summed E-state index contributed by atoms with van der Waals surface area (Å²) >= 11 is 0. The van der Waals surface area contributed by atoms with E-state index in [1.54, 1.807) is 14.2 Å². The summed E-state index contributed by atoms with van der Waals surface area (Å²) in [6, 6.07) is 5.95. The molecule has 0 atom stereocenters. The fourth-order valence-electron chi connectivity index (χ4n) is 2.28. The summed E-state index contributed by atoms with van der Waals surface area (Å²) in [6.07, 6.45) is 7.93. The minimum Gasteiger partial charge on any atom is -0.493 e. The number of imidazole rings is 1. The van der Waals surface area contributed by atoms with E-state index in [0.717, 1.165) is 49.5 Å². The van der Waals surface area contributed by atoms with E-state index in [2.05, 4.69) is 20.9 Å². The molecule has 1 heterocycles.